The Morgan fingerprint density at radius 1 is 1.57 bits per heavy atom. The van der Waals surface area contributed by atoms with E-state index >= 15 is 0 Å². The summed E-state index contributed by atoms with van der Waals surface area (Å²) in [5, 5.41) is 13.2. The zero-order valence-electron chi connectivity index (χ0n) is 11.9. The summed E-state index contributed by atoms with van der Waals surface area (Å²) in [5.41, 5.74) is 7.29. The van der Waals surface area contributed by atoms with Crippen molar-refractivity contribution >= 4 is 17.3 Å². The second kappa shape index (κ2) is 6.46. The maximum absolute atomic E-state index is 12.3. The number of hydrogen-bond donors (Lipinski definition) is 1. The Bertz CT molecular complexity index is 638. The van der Waals surface area contributed by atoms with E-state index in [-0.39, 0.29) is 18.1 Å². The van der Waals surface area contributed by atoms with Gasteiger partial charge in [-0.25, -0.2) is 4.79 Å². The van der Waals surface area contributed by atoms with Gasteiger partial charge in [-0.2, -0.15) is 16.6 Å². The SMILES string of the molecule is CCOC(=O)C1=C(CC)OC(N)=C(C#N)[C@H]1c1ccsc1. The van der Waals surface area contributed by atoms with Crippen LogP contribution in [0.3, 0.4) is 0 Å². The molecule has 21 heavy (non-hydrogen) atoms. The fraction of sp³-hybridized carbons (Fsp3) is 0.333. The first-order valence-corrected chi connectivity index (χ1v) is 7.58. The lowest BCUT2D eigenvalue weighted by Gasteiger charge is -2.27. The van der Waals surface area contributed by atoms with Crippen molar-refractivity contribution in [1.82, 2.24) is 0 Å². The lowest BCUT2D eigenvalue weighted by Crippen LogP contribution is -2.25. The molecular weight excluding hydrogens is 288 g/mol. The van der Waals surface area contributed by atoms with E-state index in [1.165, 1.54) is 11.3 Å². The quantitative estimate of drug-likeness (QED) is 0.864. The van der Waals surface area contributed by atoms with Gasteiger partial charge in [0.25, 0.3) is 0 Å². The molecule has 1 aromatic rings. The van der Waals surface area contributed by atoms with Crippen molar-refractivity contribution in [3.05, 3.63) is 45.2 Å². The summed E-state index contributed by atoms with van der Waals surface area (Å²) in [4.78, 5) is 12.3. The summed E-state index contributed by atoms with van der Waals surface area (Å²) < 4.78 is 10.6. The van der Waals surface area contributed by atoms with Crippen LogP contribution in [0.1, 0.15) is 31.7 Å². The number of nitrogens with two attached hydrogens (primary N) is 1. The molecule has 0 bridgehead atoms. The van der Waals surface area contributed by atoms with E-state index in [0.29, 0.717) is 17.8 Å². The number of carbonyl (C=O) groups excluding carboxylic acids is 1. The van der Waals surface area contributed by atoms with Crippen LogP contribution in [-0.4, -0.2) is 12.6 Å². The minimum Gasteiger partial charge on any atom is -0.463 e. The smallest absolute Gasteiger partial charge is 0.338 e. The average molecular weight is 304 g/mol. The predicted octanol–water partition coefficient (Wildman–Crippen LogP) is 2.78. The molecule has 2 N–H and O–H groups in total. The van der Waals surface area contributed by atoms with Gasteiger partial charge in [-0.1, -0.05) is 6.92 Å². The van der Waals surface area contributed by atoms with E-state index in [0.717, 1.165) is 5.56 Å². The summed E-state index contributed by atoms with van der Waals surface area (Å²) in [6, 6.07) is 3.93. The highest BCUT2D eigenvalue weighted by atomic mass is 32.1. The molecular formula is C15H16N2O3S. The van der Waals surface area contributed by atoms with Crippen LogP contribution in [-0.2, 0) is 14.3 Å². The van der Waals surface area contributed by atoms with E-state index in [1.54, 1.807) is 6.92 Å². The fourth-order valence-corrected chi connectivity index (χ4v) is 2.97. The van der Waals surface area contributed by atoms with E-state index in [2.05, 4.69) is 6.07 Å². The van der Waals surface area contributed by atoms with Crippen molar-refractivity contribution in [1.29, 1.82) is 5.26 Å². The summed E-state index contributed by atoms with van der Waals surface area (Å²) >= 11 is 1.49. The van der Waals surface area contributed by atoms with Crippen LogP contribution in [0.5, 0.6) is 0 Å². The molecule has 0 radical (unpaired) electrons. The molecule has 0 aliphatic carbocycles. The van der Waals surface area contributed by atoms with Crippen molar-refractivity contribution in [3.8, 4) is 6.07 Å². The van der Waals surface area contributed by atoms with Gasteiger partial charge < -0.3 is 15.2 Å². The number of allylic oxidation sites excluding steroid dienone is 2. The van der Waals surface area contributed by atoms with Crippen LogP contribution in [0, 0.1) is 11.3 Å². The number of esters is 1. The van der Waals surface area contributed by atoms with Crippen molar-refractivity contribution in [2.45, 2.75) is 26.2 Å². The second-order valence-corrected chi connectivity index (χ2v) is 5.17. The number of thiophene rings is 1. The van der Waals surface area contributed by atoms with E-state index in [4.69, 9.17) is 15.2 Å². The normalized spacial score (nSPS) is 18.2. The molecule has 0 spiro atoms. The van der Waals surface area contributed by atoms with Crippen LogP contribution in [0.25, 0.3) is 0 Å². The highest BCUT2D eigenvalue weighted by Crippen LogP contribution is 2.41. The lowest BCUT2D eigenvalue weighted by atomic mass is 9.84. The third-order valence-corrected chi connectivity index (χ3v) is 3.89. The van der Waals surface area contributed by atoms with E-state index in [9.17, 15) is 10.1 Å². The third-order valence-electron chi connectivity index (χ3n) is 3.19. The van der Waals surface area contributed by atoms with Crippen LogP contribution >= 0.6 is 11.3 Å². The summed E-state index contributed by atoms with van der Waals surface area (Å²) in [5.74, 6) is -0.477. The standard InChI is InChI=1S/C15H16N2O3S/c1-3-11-13(15(18)19-4-2)12(9-5-6-21-8-9)10(7-16)14(17)20-11/h5-6,8,12H,3-4,17H2,1-2H3/t12-/m1/s1. The molecule has 1 aliphatic heterocycles. The third kappa shape index (κ3) is 2.78. The molecule has 0 saturated heterocycles. The molecule has 0 amide bonds. The Morgan fingerprint density at radius 3 is 2.86 bits per heavy atom. The van der Waals surface area contributed by atoms with Crippen LogP contribution < -0.4 is 5.73 Å². The Balaban J connectivity index is 2.59. The predicted molar refractivity (Wildman–Crippen MR) is 78.9 cm³/mol. The molecule has 110 valence electrons. The molecule has 2 rings (SSSR count). The Hall–Kier alpha value is -2.26. The lowest BCUT2D eigenvalue weighted by molar-refractivity contribution is -0.139. The van der Waals surface area contributed by atoms with Gasteiger partial charge in [0.15, 0.2) is 0 Å². The minimum atomic E-state index is -0.524. The molecule has 2 heterocycles. The van der Waals surface area contributed by atoms with Gasteiger partial charge in [-0.3, -0.25) is 0 Å². The number of hydrogen-bond acceptors (Lipinski definition) is 6. The molecule has 1 atom stereocenters. The van der Waals surface area contributed by atoms with Crippen molar-refractivity contribution in [2.24, 2.45) is 5.73 Å². The topological polar surface area (TPSA) is 85.3 Å². The van der Waals surface area contributed by atoms with Crippen LogP contribution in [0.15, 0.2) is 39.6 Å². The van der Waals surface area contributed by atoms with Crippen molar-refractivity contribution < 1.29 is 14.3 Å². The molecule has 5 nitrogen and oxygen atoms in total. The Labute approximate surface area is 127 Å². The summed E-state index contributed by atoms with van der Waals surface area (Å²) in [7, 11) is 0. The van der Waals surface area contributed by atoms with Crippen molar-refractivity contribution in [2.75, 3.05) is 6.61 Å². The average Bonchev–Trinajstić information content (AvgIpc) is 2.99. The second-order valence-electron chi connectivity index (χ2n) is 4.39. The molecule has 1 aliphatic rings. The number of ether oxygens (including phenoxy) is 2. The highest BCUT2D eigenvalue weighted by Gasteiger charge is 2.37. The van der Waals surface area contributed by atoms with Gasteiger partial charge in [-0.05, 0) is 29.3 Å². The molecule has 6 heteroatoms. The van der Waals surface area contributed by atoms with E-state index in [1.807, 2.05) is 23.8 Å². The maximum atomic E-state index is 12.3. The van der Waals surface area contributed by atoms with Crippen molar-refractivity contribution in [3.63, 3.8) is 0 Å². The monoisotopic (exact) mass is 304 g/mol. The molecule has 0 fully saturated rings. The Morgan fingerprint density at radius 2 is 2.33 bits per heavy atom. The first-order chi connectivity index (χ1) is 10.1. The largest absolute Gasteiger partial charge is 0.463 e. The number of nitriles is 1. The molecule has 0 saturated carbocycles. The number of nitrogens with zero attached hydrogens (tertiary/aromatic N) is 1. The molecule has 0 aromatic carbocycles. The highest BCUT2D eigenvalue weighted by molar-refractivity contribution is 7.08. The van der Waals surface area contributed by atoms with Gasteiger partial charge in [0.2, 0.25) is 5.88 Å². The Kier molecular flexibility index (Phi) is 4.66. The van der Waals surface area contributed by atoms with E-state index < -0.39 is 11.9 Å². The zero-order valence-corrected chi connectivity index (χ0v) is 12.7. The number of rotatable bonds is 4. The van der Waals surface area contributed by atoms with Crippen LogP contribution in [0.2, 0.25) is 0 Å². The van der Waals surface area contributed by atoms with Crippen LogP contribution in [0.4, 0.5) is 0 Å². The zero-order chi connectivity index (χ0) is 15.4. The van der Waals surface area contributed by atoms with Gasteiger partial charge in [0, 0.05) is 6.42 Å². The molecule has 0 unspecified atom stereocenters. The first kappa shape index (κ1) is 15.1. The number of carbonyl (C=O) groups is 1. The fourth-order valence-electron chi connectivity index (χ4n) is 2.29. The van der Waals surface area contributed by atoms with Gasteiger partial charge in [-0.15, -0.1) is 0 Å². The van der Waals surface area contributed by atoms with Gasteiger partial charge >= 0.3 is 5.97 Å². The molecule has 1 aromatic heterocycles. The summed E-state index contributed by atoms with van der Waals surface area (Å²) in [6.45, 7) is 3.86. The maximum Gasteiger partial charge on any atom is 0.338 e. The van der Waals surface area contributed by atoms with Gasteiger partial charge in [0.05, 0.1) is 18.1 Å². The van der Waals surface area contributed by atoms with Gasteiger partial charge in [0.1, 0.15) is 17.4 Å². The summed E-state index contributed by atoms with van der Waals surface area (Å²) in [6.07, 6.45) is 0.494. The first-order valence-electron chi connectivity index (χ1n) is 6.63. The minimum absolute atomic E-state index is 0.0543.